The van der Waals surface area contributed by atoms with Crippen LogP contribution in [0.5, 0.6) is 0 Å². The first-order chi connectivity index (χ1) is 10.4. The zero-order valence-electron chi connectivity index (χ0n) is 16.4. The summed E-state index contributed by atoms with van der Waals surface area (Å²) < 4.78 is 12.1. The molecule has 0 unspecified atom stereocenters. The maximum absolute atomic E-state index is 10.4. The molecule has 0 amide bonds. The van der Waals surface area contributed by atoms with E-state index in [1.807, 2.05) is 27.7 Å². The summed E-state index contributed by atoms with van der Waals surface area (Å²) in [5.41, 5.74) is 2.15. The second kappa shape index (κ2) is 35.6. The Morgan fingerprint density at radius 2 is 1.33 bits per heavy atom. The summed E-state index contributed by atoms with van der Waals surface area (Å²) in [6.07, 6.45) is 0.183. The fourth-order valence-corrected chi connectivity index (χ4v) is 1.15. The number of hydrogen-bond acceptors (Lipinski definition) is 5. The van der Waals surface area contributed by atoms with Crippen molar-refractivity contribution in [3.63, 3.8) is 0 Å². The van der Waals surface area contributed by atoms with Crippen molar-refractivity contribution in [2.45, 2.75) is 33.8 Å². The van der Waals surface area contributed by atoms with Gasteiger partial charge in [-0.05, 0) is 53.8 Å². The summed E-state index contributed by atoms with van der Waals surface area (Å²) in [6.45, 7) is 25.4. The molecule has 0 aliphatic carbocycles. The molecule has 3 nitrogen and oxygen atoms in total. The minimum Gasteiger partial charge on any atom is 2.00 e. The van der Waals surface area contributed by atoms with E-state index >= 15 is 0 Å². The summed E-state index contributed by atoms with van der Waals surface area (Å²) in [6, 6.07) is 0. The van der Waals surface area contributed by atoms with Crippen LogP contribution in [0, 0.1) is 12.6 Å². The molecule has 0 spiro atoms. The second-order valence-electron chi connectivity index (χ2n) is 5.49. The van der Waals surface area contributed by atoms with Crippen LogP contribution >= 0.6 is 38.9 Å². The van der Waals surface area contributed by atoms with Gasteiger partial charge in [0.2, 0.25) is 0 Å². The molecule has 144 valence electrons. The fraction of sp³-hybridized carbons (Fsp3) is 0.800. The third-order valence-corrected chi connectivity index (χ3v) is 2.06. The molecule has 0 aliphatic heterocycles. The maximum atomic E-state index is 10.4. The fourth-order valence-electron chi connectivity index (χ4n) is 0.192. The van der Waals surface area contributed by atoms with Gasteiger partial charge in [0.15, 0.2) is 5.12 Å². The van der Waals surface area contributed by atoms with Gasteiger partial charge >= 0.3 is 32.4 Å². The Morgan fingerprint density at radius 1 is 1.08 bits per heavy atom. The summed E-state index contributed by atoms with van der Waals surface area (Å²) in [5, 5.41) is 0.0787. The number of rotatable bonds is 3. The van der Waals surface area contributed by atoms with E-state index in [1.54, 1.807) is 0 Å². The van der Waals surface area contributed by atoms with Gasteiger partial charge in [-0.25, -0.2) is 5.55 Å². The summed E-state index contributed by atoms with van der Waals surface area (Å²) >= 11 is 8.67. The van der Waals surface area contributed by atoms with Crippen molar-refractivity contribution in [1.29, 1.82) is 0 Å². The minimum atomic E-state index is 0. The van der Waals surface area contributed by atoms with Crippen LogP contribution in [0.15, 0.2) is 0 Å². The molecule has 0 aliphatic rings. The minimum absolute atomic E-state index is 0. The Morgan fingerprint density at radius 3 is 1.33 bits per heavy atom. The van der Waals surface area contributed by atoms with Crippen LogP contribution in [0.1, 0.15) is 27.7 Å². The molecule has 0 rings (SSSR count). The SMILES string of the molecule is CC(C)C(=O)S[S-].CC(C)O[C-]=S.CP(C)C.CP(C)C.[C-]#[O+].[Mo+2]. The predicted octanol–water partition coefficient (Wildman–Crippen LogP) is 5.29. The van der Waals surface area contributed by atoms with Gasteiger partial charge in [-0.2, -0.15) is 0 Å². The molecule has 0 N–H and O–H groups in total. The van der Waals surface area contributed by atoms with Crippen LogP contribution in [0.3, 0.4) is 0 Å². The Hall–Kier alpha value is 1.55. The van der Waals surface area contributed by atoms with Gasteiger partial charge in [-0.3, -0.25) is 15.6 Å². The van der Waals surface area contributed by atoms with Crippen molar-refractivity contribution in [3.8, 4) is 0 Å². The second-order valence-corrected chi connectivity index (χ2v) is 12.1. The Balaban J connectivity index is -0.0000000439. The Bertz CT molecular complexity index is 254. The molecule has 24 heavy (non-hydrogen) atoms. The van der Waals surface area contributed by atoms with Crippen LogP contribution in [-0.2, 0) is 46.9 Å². The molecule has 0 aromatic carbocycles. The van der Waals surface area contributed by atoms with Gasteiger partial charge in [0.05, 0.1) is 6.10 Å². The first-order valence-electron chi connectivity index (χ1n) is 6.70. The standard InChI is InChI=1S/C4H8OS2.C4H7OS.2C3H9P.CO.Mo/c1-3(2)4(5)7-6;1-4(2)5-3-6;2*1-4(2)3;1-2;/h3,6H,1-2H3;4H,1-2H3;2*1-3H3;;/q;-1;;;;+2/p-1. The number of ether oxygens (including phenoxy) is 1. The third-order valence-electron chi connectivity index (χ3n) is 0.837. The van der Waals surface area contributed by atoms with Crippen LogP contribution in [0.25, 0.3) is 0 Å². The van der Waals surface area contributed by atoms with Gasteiger partial charge in [-0.15, -0.1) is 15.8 Å². The zero-order valence-corrected chi connectivity index (χ0v) is 22.7. The molecule has 0 fully saturated rings. The van der Waals surface area contributed by atoms with Gasteiger partial charge < -0.3 is 28.6 Å². The van der Waals surface area contributed by atoms with Crippen molar-refractivity contribution in [2.24, 2.45) is 5.92 Å². The molecule has 0 saturated heterocycles. The van der Waals surface area contributed by atoms with Crippen molar-refractivity contribution in [2.75, 3.05) is 40.0 Å². The van der Waals surface area contributed by atoms with E-state index < -0.39 is 0 Å². The average molecular weight is 515 g/mol. The van der Waals surface area contributed by atoms with Crippen LogP contribution in [0.4, 0.5) is 0 Å². The number of carbonyl (C=O) groups is 1. The van der Waals surface area contributed by atoms with Crippen molar-refractivity contribution >= 4 is 61.2 Å². The van der Waals surface area contributed by atoms with Crippen LogP contribution in [0.2, 0.25) is 0 Å². The molecule has 9 heteroatoms. The number of thiocarbonyl (C=S) groups is 1. The molecule has 0 heterocycles. The van der Waals surface area contributed by atoms with Gasteiger partial charge in [-0.1, -0.05) is 13.8 Å². The maximum Gasteiger partial charge on any atom is 2.00 e. The molecule has 0 radical (unpaired) electrons. The third kappa shape index (κ3) is 108. The van der Waals surface area contributed by atoms with Crippen molar-refractivity contribution < 1.29 is 35.2 Å². The van der Waals surface area contributed by atoms with Gasteiger partial charge in [0.1, 0.15) is 0 Å². The van der Waals surface area contributed by atoms with Gasteiger partial charge in [0, 0.05) is 5.92 Å². The molecule has 0 saturated carbocycles. The zero-order chi connectivity index (χ0) is 20.0. The molecule has 0 atom stereocenters. The van der Waals surface area contributed by atoms with Crippen LogP contribution < -0.4 is 0 Å². The Kier molecular flexibility index (Phi) is 59.8. The van der Waals surface area contributed by atoms with Crippen LogP contribution in [-0.4, -0.2) is 56.8 Å². The normalized spacial score (nSPS) is 8.04. The van der Waals surface area contributed by atoms with E-state index in [4.69, 9.17) is 4.65 Å². The Labute approximate surface area is 181 Å². The smallest absolute Gasteiger partial charge is 2.00 e. The molecule has 0 aromatic heterocycles. The summed E-state index contributed by atoms with van der Waals surface area (Å²) in [4.78, 5) is 10.4. The molecule has 0 aromatic rings. The van der Waals surface area contributed by atoms with E-state index in [2.05, 4.69) is 80.8 Å². The van der Waals surface area contributed by atoms with Gasteiger partial charge in [0.25, 0.3) is 0 Å². The number of carbonyl (C=O) groups excluding carboxylic acids is 1. The van der Waals surface area contributed by atoms with E-state index in [1.165, 1.54) is 0 Å². The summed E-state index contributed by atoms with van der Waals surface area (Å²) in [7, 11) is 1.64. The monoisotopic (exact) mass is 516 g/mol. The first-order valence-corrected chi connectivity index (χ1v) is 14.2. The summed E-state index contributed by atoms with van der Waals surface area (Å²) in [5.74, 6) is 0.0856. The molecular formula is C15H32MoO3P2S3. The quantitative estimate of drug-likeness (QED) is 0.0975. The number of hydrogen-bond donors (Lipinski definition) is 0. The van der Waals surface area contributed by atoms with E-state index in [9.17, 15) is 4.79 Å². The van der Waals surface area contributed by atoms with E-state index in [0.29, 0.717) is 15.8 Å². The van der Waals surface area contributed by atoms with Crippen molar-refractivity contribution in [1.82, 2.24) is 0 Å². The topological polar surface area (TPSA) is 46.2 Å². The molecular weight excluding hydrogens is 482 g/mol. The first kappa shape index (κ1) is 40.3. The van der Waals surface area contributed by atoms with E-state index in [0.717, 1.165) is 10.8 Å². The predicted molar refractivity (Wildman–Crippen MR) is 117 cm³/mol. The van der Waals surface area contributed by atoms with Crippen molar-refractivity contribution in [3.05, 3.63) is 6.65 Å². The average Bonchev–Trinajstić information content (AvgIpc) is 2.39. The molecule has 0 bridgehead atoms. The largest absolute Gasteiger partial charge is 2.00 e. The van der Waals surface area contributed by atoms with E-state index in [-0.39, 0.29) is 38.2 Å².